The highest BCUT2D eigenvalue weighted by atomic mass is 16.5. The van der Waals surface area contributed by atoms with E-state index in [0.29, 0.717) is 6.54 Å². The third kappa shape index (κ3) is 4.86. The molecule has 0 unspecified atom stereocenters. The van der Waals surface area contributed by atoms with Crippen LogP contribution in [0.5, 0.6) is 11.5 Å². The fourth-order valence-electron chi connectivity index (χ4n) is 3.12. The number of rotatable bonds is 6. The van der Waals surface area contributed by atoms with Gasteiger partial charge in [-0.3, -0.25) is 4.79 Å². The maximum Gasteiger partial charge on any atom is 0.275 e. The predicted molar refractivity (Wildman–Crippen MR) is 90.1 cm³/mol. The Labute approximate surface area is 139 Å². The molecule has 1 saturated heterocycles. The highest BCUT2D eigenvalue weighted by Crippen LogP contribution is 2.29. The van der Waals surface area contributed by atoms with Gasteiger partial charge >= 0.3 is 0 Å². The van der Waals surface area contributed by atoms with Gasteiger partial charge in [-0.25, -0.2) is 0 Å². The average molecular weight is 321 g/mol. The minimum Gasteiger partial charge on any atom is -0.497 e. The van der Waals surface area contributed by atoms with Crippen molar-refractivity contribution in [1.82, 2.24) is 5.32 Å². The number of benzene rings is 1. The van der Waals surface area contributed by atoms with E-state index in [4.69, 9.17) is 9.47 Å². The molecule has 1 atom stereocenters. The van der Waals surface area contributed by atoms with Gasteiger partial charge < -0.3 is 19.7 Å². The summed E-state index contributed by atoms with van der Waals surface area (Å²) in [4.78, 5) is 13.7. The number of carbonyl (C=O) groups is 1. The van der Waals surface area contributed by atoms with Crippen molar-refractivity contribution >= 4 is 5.91 Å². The van der Waals surface area contributed by atoms with E-state index in [0.717, 1.165) is 36.1 Å². The van der Waals surface area contributed by atoms with Crippen molar-refractivity contribution in [2.45, 2.75) is 32.7 Å². The Hall–Kier alpha value is -1.75. The van der Waals surface area contributed by atoms with Gasteiger partial charge in [0.25, 0.3) is 5.91 Å². The van der Waals surface area contributed by atoms with Crippen molar-refractivity contribution in [3.8, 4) is 11.5 Å². The number of hydrogen-bond donors (Lipinski definition) is 2. The van der Waals surface area contributed by atoms with Gasteiger partial charge in [-0.15, -0.1) is 0 Å². The summed E-state index contributed by atoms with van der Waals surface area (Å²) in [5.41, 5.74) is 0.933. The van der Waals surface area contributed by atoms with Gasteiger partial charge in [-0.05, 0) is 43.9 Å². The van der Waals surface area contributed by atoms with Gasteiger partial charge in [0.05, 0.1) is 33.4 Å². The summed E-state index contributed by atoms with van der Waals surface area (Å²) in [5.74, 6) is 2.41. The number of amides is 1. The molecular formula is C18H29N2O3+. The Balaban J connectivity index is 1.95. The van der Waals surface area contributed by atoms with E-state index in [2.05, 4.69) is 12.2 Å². The van der Waals surface area contributed by atoms with Crippen LogP contribution in [0.15, 0.2) is 18.2 Å². The summed E-state index contributed by atoms with van der Waals surface area (Å²) in [6.07, 6.45) is 2.42. The Kier molecular flexibility index (Phi) is 6.28. The fourth-order valence-corrected chi connectivity index (χ4v) is 3.12. The lowest BCUT2D eigenvalue weighted by molar-refractivity contribution is -0.898. The van der Waals surface area contributed by atoms with E-state index >= 15 is 0 Å². The zero-order chi connectivity index (χ0) is 16.8. The summed E-state index contributed by atoms with van der Waals surface area (Å²) >= 11 is 0. The molecule has 0 saturated carbocycles. The molecular weight excluding hydrogens is 292 g/mol. The molecule has 128 valence electrons. The molecule has 5 nitrogen and oxygen atoms in total. The smallest absolute Gasteiger partial charge is 0.275 e. The average Bonchev–Trinajstić information content (AvgIpc) is 2.56. The number of piperidine rings is 1. The number of methoxy groups -OCH3 is 2. The maximum atomic E-state index is 12.3. The normalized spacial score (nSPS) is 22.3. The largest absolute Gasteiger partial charge is 0.497 e. The second-order valence-electron chi connectivity index (χ2n) is 6.51. The summed E-state index contributed by atoms with van der Waals surface area (Å²) in [7, 11) is 3.27. The molecule has 1 amide bonds. The zero-order valence-corrected chi connectivity index (χ0v) is 14.6. The van der Waals surface area contributed by atoms with Crippen LogP contribution in [0.1, 0.15) is 38.3 Å². The molecule has 1 fully saturated rings. The Bertz CT molecular complexity index is 525. The summed E-state index contributed by atoms with van der Waals surface area (Å²) in [5, 5.41) is 3.09. The highest BCUT2D eigenvalue weighted by molar-refractivity contribution is 5.77. The first-order chi connectivity index (χ1) is 11.0. The molecule has 1 aliphatic heterocycles. The summed E-state index contributed by atoms with van der Waals surface area (Å²) in [6, 6.07) is 5.53. The van der Waals surface area contributed by atoms with Gasteiger partial charge in [0.1, 0.15) is 11.5 Å². The Morgan fingerprint density at radius 2 is 2.00 bits per heavy atom. The van der Waals surface area contributed by atoms with Crippen molar-refractivity contribution < 1.29 is 19.2 Å². The Morgan fingerprint density at radius 1 is 1.30 bits per heavy atom. The molecule has 2 N–H and O–H groups in total. The van der Waals surface area contributed by atoms with Crippen LogP contribution < -0.4 is 19.7 Å². The monoisotopic (exact) mass is 321 g/mol. The van der Waals surface area contributed by atoms with E-state index in [-0.39, 0.29) is 11.9 Å². The van der Waals surface area contributed by atoms with E-state index in [9.17, 15) is 4.79 Å². The molecule has 5 heteroatoms. The molecule has 0 radical (unpaired) electrons. The second kappa shape index (κ2) is 8.20. The van der Waals surface area contributed by atoms with Crippen LogP contribution in [0.2, 0.25) is 0 Å². The maximum absolute atomic E-state index is 12.3. The number of likely N-dealkylation sites (tertiary alicyclic amines) is 1. The van der Waals surface area contributed by atoms with Crippen LogP contribution in [0, 0.1) is 5.92 Å². The third-order valence-electron chi connectivity index (χ3n) is 4.67. The second-order valence-corrected chi connectivity index (χ2v) is 6.51. The number of nitrogens with one attached hydrogen (secondary N) is 2. The highest BCUT2D eigenvalue weighted by Gasteiger charge is 2.23. The molecule has 0 aliphatic carbocycles. The molecule has 1 aliphatic rings. The number of quaternary nitrogens is 1. The first kappa shape index (κ1) is 17.6. The van der Waals surface area contributed by atoms with E-state index in [1.165, 1.54) is 17.7 Å². The van der Waals surface area contributed by atoms with E-state index in [1.54, 1.807) is 14.2 Å². The lowest BCUT2D eigenvalue weighted by Gasteiger charge is -2.27. The van der Waals surface area contributed by atoms with Crippen LogP contribution in [-0.2, 0) is 4.79 Å². The van der Waals surface area contributed by atoms with E-state index in [1.807, 2.05) is 25.1 Å². The topological polar surface area (TPSA) is 52.0 Å². The molecule has 0 bridgehead atoms. The van der Waals surface area contributed by atoms with Crippen LogP contribution in [0.3, 0.4) is 0 Å². The van der Waals surface area contributed by atoms with Crippen LogP contribution >= 0.6 is 0 Å². The van der Waals surface area contributed by atoms with Gasteiger partial charge in [0.15, 0.2) is 6.54 Å². The molecule has 1 heterocycles. The fraction of sp³-hybridized carbons (Fsp3) is 0.611. The molecule has 23 heavy (non-hydrogen) atoms. The number of ether oxygens (including phenoxy) is 2. The molecule has 0 spiro atoms. The molecule has 1 aromatic rings. The first-order valence-electron chi connectivity index (χ1n) is 8.38. The van der Waals surface area contributed by atoms with E-state index < -0.39 is 0 Å². The third-order valence-corrected chi connectivity index (χ3v) is 4.67. The predicted octanol–water partition coefficient (Wildman–Crippen LogP) is 1.20. The number of carbonyl (C=O) groups excluding carboxylic acids is 1. The van der Waals surface area contributed by atoms with Crippen LogP contribution in [0.4, 0.5) is 0 Å². The van der Waals surface area contributed by atoms with Crippen molar-refractivity contribution in [3.05, 3.63) is 23.8 Å². The van der Waals surface area contributed by atoms with Crippen molar-refractivity contribution in [2.75, 3.05) is 33.9 Å². The SMILES string of the molecule is COc1ccc(OC)c([C@@H](C)NC(=O)C[NH+]2CCC(C)CC2)c1. The van der Waals surface area contributed by atoms with Gasteiger partial charge in [0, 0.05) is 5.56 Å². The van der Waals surface area contributed by atoms with Gasteiger partial charge in [-0.1, -0.05) is 6.92 Å². The number of hydrogen-bond acceptors (Lipinski definition) is 3. The molecule has 0 aromatic heterocycles. The lowest BCUT2D eigenvalue weighted by atomic mass is 9.99. The molecule has 2 rings (SSSR count). The standard InChI is InChI=1S/C18H28N2O3/c1-13-7-9-20(10-8-13)12-18(21)19-14(2)16-11-15(22-3)5-6-17(16)23-4/h5-6,11,13-14H,7-10,12H2,1-4H3,(H,19,21)/p+1/t14-/m1/s1. The molecule has 1 aromatic carbocycles. The lowest BCUT2D eigenvalue weighted by Crippen LogP contribution is -3.14. The van der Waals surface area contributed by atoms with Crippen LogP contribution in [0.25, 0.3) is 0 Å². The van der Waals surface area contributed by atoms with Crippen molar-refractivity contribution in [2.24, 2.45) is 5.92 Å². The van der Waals surface area contributed by atoms with Crippen molar-refractivity contribution in [1.29, 1.82) is 0 Å². The van der Waals surface area contributed by atoms with Gasteiger partial charge in [0.2, 0.25) is 0 Å². The first-order valence-corrected chi connectivity index (χ1v) is 8.38. The summed E-state index contributed by atoms with van der Waals surface area (Å²) in [6.45, 7) is 6.98. The Morgan fingerprint density at radius 3 is 2.61 bits per heavy atom. The minimum absolute atomic E-state index is 0.0897. The van der Waals surface area contributed by atoms with Crippen molar-refractivity contribution in [3.63, 3.8) is 0 Å². The summed E-state index contributed by atoms with van der Waals surface area (Å²) < 4.78 is 10.7. The van der Waals surface area contributed by atoms with Crippen LogP contribution in [-0.4, -0.2) is 39.8 Å². The zero-order valence-electron chi connectivity index (χ0n) is 14.6. The quantitative estimate of drug-likeness (QED) is 0.828. The minimum atomic E-state index is -0.115. The van der Waals surface area contributed by atoms with Gasteiger partial charge in [-0.2, -0.15) is 0 Å².